The second-order valence-corrected chi connectivity index (χ2v) is 6.29. The molecule has 0 aliphatic carbocycles. The summed E-state index contributed by atoms with van der Waals surface area (Å²) in [5.41, 5.74) is 1.75. The third-order valence-electron chi connectivity index (χ3n) is 5.31. The fourth-order valence-electron chi connectivity index (χ4n) is 3.39. The highest BCUT2D eigenvalue weighted by Gasteiger charge is 2.37. The van der Waals surface area contributed by atoms with Crippen molar-refractivity contribution in [3.05, 3.63) is 35.9 Å². The topological polar surface area (TPSA) is 15.3 Å². The third-order valence-corrected chi connectivity index (χ3v) is 5.31. The number of benzene rings is 1. The van der Waals surface area contributed by atoms with Crippen LogP contribution in [0.3, 0.4) is 0 Å². The fraction of sp³-hybridized carbons (Fsp3) is 0.667. The molecule has 0 spiro atoms. The lowest BCUT2D eigenvalue weighted by molar-refractivity contribution is 0.0122. The smallest absolute Gasteiger partial charge is 0.0450 e. The summed E-state index contributed by atoms with van der Waals surface area (Å²) in [5, 5.41) is 3.74. The number of piperazine rings is 1. The first-order chi connectivity index (χ1) is 9.64. The summed E-state index contributed by atoms with van der Waals surface area (Å²) in [6.07, 6.45) is 3.67. The molecule has 2 heteroatoms. The molecular formula is C18H30N2. The highest BCUT2D eigenvalue weighted by Crippen LogP contribution is 2.31. The minimum Gasteiger partial charge on any atom is -0.307 e. The quantitative estimate of drug-likeness (QED) is 0.873. The van der Waals surface area contributed by atoms with Crippen LogP contribution in [0.2, 0.25) is 0 Å². The molecule has 0 aromatic heterocycles. The van der Waals surface area contributed by atoms with Crippen LogP contribution in [-0.4, -0.2) is 29.6 Å². The van der Waals surface area contributed by atoms with E-state index in [1.807, 2.05) is 0 Å². The Balaban J connectivity index is 2.19. The normalized spacial score (nSPS) is 24.8. The number of nitrogens with zero attached hydrogens (tertiary/aromatic N) is 1. The molecule has 1 aromatic carbocycles. The first-order valence-electron chi connectivity index (χ1n) is 8.19. The first kappa shape index (κ1) is 15.5. The second-order valence-electron chi connectivity index (χ2n) is 6.29. The minimum absolute atomic E-state index is 0.329. The molecule has 1 fully saturated rings. The van der Waals surface area contributed by atoms with E-state index in [-0.39, 0.29) is 0 Å². The molecule has 1 aliphatic rings. The van der Waals surface area contributed by atoms with E-state index < -0.39 is 0 Å². The number of hydrogen-bond acceptors (Lipinski definition) is 2. The Bertz CT molecular complexity index is 397. The number of hydrogen-bond donors (Lipinski definition) is 1. The maximum atomic E-state index is 3.74. The maximum Gasteiger partial charge on any atom is 0.0450 e. The van der Waals surface area contributed by atoms with Crippen molar-refractivity contribution in [2.24, 2.45) is 0 Å². The Labute approximate surface area is 124 Å². The molecule has 0 radical (unpaired) electrons. The van der Waals surface area contributed by atoms with Crippen LogP contribution >= 0.6 is 0 Å². The summed E-state index contributed by atoms with van der Waals surface area (Å²) < 4.78 is 0. The molecule has 0 amide bonds. The summed E-state index contributed by atoms with van der Waals surface area (Å²) in [7, 11) is 0. The van der Waals surface area contributed by atoms with Gasteiger partial charge in [-0.2, -0.15) is 0 Å². The summed E-state index contributed by atoms with van der Waals surface area (Å²) >= 11 is 0. The van der Waals surface area contributed by atoms with E-state index >= 15 is 0 Å². The van der Waals surface area contributed by atoms with Crippen LogP contribution in [0, 0.1) is 0 Å². The Hall–Kier alpha value is -0.860. The summed E-state index contributed by atoms with van der Waals surface area (Å²) in [5.74, 6) is 0. The summed E-state index contributed by atoms with van der Waals surface area (Å²) in [6.45, 7) is 11.6. The zero-order chi connectivity index (χ0) is 14.6. The van der Waals surface area contributed by atoms with E-state index in [0.29, 0.717) is 17.6 Å². The highest BCUT2D eigenvalue weighted by atomic mass is 15.3. The van der Waals surface area contributed by atoms with Gasteiger partial charge in [-0.1, -0.05) is 51.1 Å². The lowest BCUT2D eigenvalue weighted by atomic mass is 9.88. The Kier molecular flexibility index (Phi) is 5.22. The molecule has 2 nitrogen and oxygen atoms in total. The van der Waals surface area contributed by atoms with Gasteiger partial charge in [0.1, 0.15) is 0 Å². The monoisotopic (exact) mass is 274 g/mol. The first-order valence-corrected chi connectivity index (χ1v) is 8.19. The van der Waals surface area contributed by atoms with Crippen molar-refractivity contribution in [2.75, 3.05) is 13.1 Å². The largest absolute Gasteiger partial charge is 0.307 e. The molecule has 20 heavy (non-hydrogen) atoms. The molecule has 1 aromatic rings. The molecule has 2 rings (SSSR count). The lowest BCUT2D eigenvalue weighted by Gasteiger charge is -2.50. The molecule has 1 aliphatic heterocycles. The van der Waals surface area contributed by atoms with Gasteiger partial charge in [0.2, 0.25) is 0 Å². The zero-order valence-electron chi connectivity index (χ0n) is 13.5. The minimum atomic E-state index is 0.329. The molecule has 0 saturated carbocycles. The van der Waals surface area contributed by atoms with E-state index in [1.165, 1.54) is 24.8 Å². The van der Waals surface area contributed by atoms with Gasteiger partial charge in [0.15, 0.2) is 0 Å². The fourth-order valence-corrected chi connectivity index (χ4v) is 3.39. The predicted octanol–water partition coefficient (Wildman–Crippen LogP) is 3.99. The average molecular weight is 274 g/mol. The van der Waals surface area contributed by atoms with Gasteiger partial charge in [0, 0.05) is 30.7 Å². The van der Waals surface area contributed by atoms with Gasteiger partial charge in [-0.25, -0.2) is 0 Å². The van der Waals surface area contributed by atoms with Crippen LogP contribution in [0.1, 0.15) is 58.6 Å². The van der Waals surface area contributed by atoms with Crippen LogP contribution < -0.4 is 5.32 Å². The summed E-state index contributed by atoms with van der Waals surface area (Å²) in [4.78, 5) is 2.77. The van der Waals surface area contributed by atoms with Crippen molar-refractivity contribution in [3.63, 3.8) is 0 Å². The van der Waals surface area contributed by atoms with Crippen LogP contribution in [0.15, 0.2) is 30.3 Å². The zero-order valence-corrected chi connectivity index (χ0v) is 13.5. The van der Waals surface area contributed by atoms with Crippen LogP contribution in [0.25, 0.3) is 0 Å². The van der Waals surface area contributed by atoms with Crippen molar-refractivity contribution in [3.8, 4) is 0 Å². The molecule has 112 valence electrons. The van der Waals surface area contributed by atoms with Gasteiger partial charge in [-0.05, 0) is 31.7 Å². The Morgan fingerprint density at radius 2 is 1.80 bits per heavy atom. The van der Waals surface area contributed by atoms with E-state index in [9.17, 15) is 0 Å². The Morgan fingerprint density at radius 3 is 2.35 bits per heavy atom. The maximum absolute atomic E-state index is 3.74. The van der Waals surface area contributed by atoms with E-state index in [1.54, 1.807) is 0 Å². The molecule has 2 unspecified atom stereocenters. The van der Waals surface area contributed by atoms with Crippen molar-refractivity contribution < 1.29 is 0 Å². The predicted molar refractivity (Wildman–Crippen MR) is 87.0 cm³/mol. The van der Waals surface area contributed by atoms with Crippen molar-refractivity contribution in [1.29, 1.82) is 0 Å². The van der Waals surface area contributed by atoms with E-state index in [0.717, 1.165) is 13.1 Å². The molecule has 0 bridgehead atoms. The van der Waals surface area contributed by atoms with Crippen LogP contribution in [0.4, 0.5) is 0 Å². The number of nitrogens with one attached hydrogen (secondary N) is 1. The molecule has 1 heterocycles. The molecule has 1 N–H and O–H groups in total. The van der Waals surface area contributed by atoms with Crippen molar-refractivity contribution in [1.82, 2.24) is 10.2 Å². The molecular weight excluding hydrogens is 244 g/mol. The van der Waals surface area contributed by atoms with Crippen LogP contribution in [-0.2, 0) is 0 Å². The third kappa shape index (κ3) is 3.07. The standard InChI is InChI=1S/C18H30N2/c1-5-16-13-19-17(15-11-9-8-10-12-15)14-20(16)18(4,6-2)7-3/h8-12,16-17,19H,5-7,13-14H2,1-4H3. The van der Waals surface area contributed by atoms with Crippen molar-refractivity contribution in [2.45, 2.75) is 64.6 Å². The van der Waals surface area contributed by atoms with Crippen LogP contribution in [0.5, 0.6) is 0 Å². The van der Waals surface area contributed by atoms with Gasteiger partial charge >= 0.3 is 0 Å². The van der Waals surface area contributed by atoms with Gasteiger partial charge in [0.05, 0.1) is 0 Å². The lowest BCUT2D eigenvalue weighted by Crippen LogP contribution is -2.60. The summed E-state index contributed by atoms with van der Waals surface area (Å²) in [6, 6.07) is 12.0. The average Bonchev–Trinajstić information content (AvgIpc) is 2.54. The van der Waals surface area contributed by atoms with E-state index in [2.05, 4.69) is 68.2 Å². The molecule has 2 atom stereocenters. The van der Waals surface area contributed by atoms with Gasteiger partial charge < -0.3 is 5.32 Å². The highest BCUT2D eigenvalue weighted by molar-refractivity contribution is 5.20. The van der Waals surface area contributed by atoms with Crippen molar-refractivity contribution >= 4 is 0 Å². The van der Waals surface area contributed by atoms with E-state index in [4.69, 9.17) is 0 Å². The van der Waals surface area contributed by atoms with Gasteiger partial charge in [-0.15, -0.1) is 0 Å². The van der Waals surface area contributed by atoms with Gasteiger partial charge in [0.25, 0.3) is 0 Å². The van der Waals surface area contributed by atoms with Gasteiger partial charge in [-0.3, -0.25) is 4.90 Å². The SMILES string of the molecule is CCC1CNC(c2ccccc2)CN1C(C)(CC)CC. The Morgan fingerprint density at radius 1 is 1.15 bits per heavy atom. The number of rotatable bonds is 5. The second kappa shape index (κ2) is 6.73. The molecule has 1 saturated heterocycles.